The number of carbonyl (C=O) groups is 1. The van der Waals surface area contributed by atoms with Crippen LogP contribution in [0.2, 0.25) is 0 Å². The summed E-state index contributed by atoms with van der Waals surface area (Å²) in [5.74, 6) is -0.932. The van der Waals surface area contributed by atoms with Crippen LogP contribution in [0.3, 0.4) is 0 Å². The van der Waals surface area contributed by atoms with Crippen LogP contribution in [0.4, 0.5) is 18.9 Å². The molecule has 0 aromatic heterocycles. The third kappa shape index (κ3) is 3.30. The number of aromatic hydroxyl groups is 1. The zero-order chi connectivity index (χ0) is 16.3. The molecular formula is C15H12F3NO3. The minimum atomic E-state index is -4.54. The Morgan fingerprint density at radius 2 is 1.86 bits per heavy atom. The van der Waals surface area contributed by atoms with Crippen molar-refractivity contribution in [2.45, 2.75) is 6.18 Å². The topological polar surface area (TPSA) is 58.6 Å². The molecule has 0 atom stereocenters. The van der Waals surface area contributed by atoms with Gasteiger partial charge in [-0.2, -0.15) is 13.2 Å². The second-order valence-electron chi connectivity index (χ2n) is 4.38. The van der Waals surface area contributed by atoms with E-state index in [9.17, 15) is 23.1 Å². The van der Waals surface area contributed by atoms with Crippen molar-refractivity contribution in [1.29, 1.82) is 0 Å². The molecule has 2 aromatic rings. The van der Waals surface area contributed by atoms with Crippen molar-refractivity contribution in [3.8, 4) is 11.5 Å². The summed E-state index contributed by atoms with van der Waals surface area (Å²) >= 11 is 0. The third-order valence-electron chi connectivity index (χ3n) is 2.92. The lowest BCUT2D eigenvalue weighted by molar-refractivity contribution is -0.137. The number of anilines is 1. The van der Waals surface area contributed by atoms with Crippen LogP contribution in [0.25, 0.3) is 0 Å². The van der Waals surface area contributed by atoms with Crippen LogP contribution in [0.5, 0.6) is 11.5 Å². The number of ether oxygens (including phenoxy) is 1. The highest BCUT2D eigenvalue weighted by molar-refractivity contribution is 6.06. The number of hydrogen-bond acceptors (Lipinski definition) is 3. The Balaban J connectivity index is 2.36. The Hall–Kier alpha value is -2.70. The van der Waals surface area contributed by atoms with Gasteiger partial charge in [-0.15, -0.1) is 0 Å². The van der Waals surface area contributed by atoms with Gasteiger partial charge in [-0.25, -0.2) is 0 Å². The van der Waals surface area contributed by atoms with Gasteiger partial charge >= 0.3 is 6.18 Å². The molecule has 116 valence electrons. The maximum Gasteiger partial charge on any atom is 0.416 e. The minimum absolute atomic E-state index is 0.0537. The summed E-state index contributed by atoms with van der Waals surface area (Å²) in [6.07, 6.45) is -4.54. The van der Waals surface area contributed by atoms with Gasteiger partial charge in [-0.3, -0.25) is 4.79 Å². The predicted molar refractivity (Wildman–Crippen MR) is 74.1 cm³/mol. The van der Waals surface area contributed by atoms with Crippen LogP contribution in [0.15, 0.2) is 42.5 Å². The fourth-order valence-corrected chi connectivity index (χ4v) is 1.84. The van der Waals surface area contributed by atoms with Gasteiger partial charge in [-0.05, 0) is 30.3 Å². The molecule has 2 aromatic carbocycles. The number of methoxy groups -OCH3 is 1. The van der Waals surface area contributed by atoms with Crippen molar-refractivity contribution >= 4 is 11.6 Å². The molecule has 0 fully saturated rings. The summed E-state index contributed by atoms with van der Waals surface area (Å²) in [7, 11) is 1.28. The average molecular weight is 311 g/mol. The highest BCUT2D eigenvalue weighted by Gasteiger charge is 2.31. The number of alkyl halides is 3. The molecule has 4 nitrogen and oxygen atoms in total. The first-order valence-corrected chi connectivity index (χ1v) is 6.17. The molecule has 0 heterocycles. The third-order valence-corrected chi connectivity index (χ3v) is 2.92. The Bertz CT molecular complexity index is 699. The van der Waals surface area contributed by atoms with Crippen LogP contribution in [0.1, 0.15) is 15.9 Å². The normalized spacial score (nSPS) is 11.1. The number of halogens is 3. The smallest absolute Gasteiger partial charge is 0.416 e. The number of rotatable bonds is 3. The van der Waals surface area contributed by atoms with E-state index in [-0.39, 0.29) is 22.7 Å². The van der Waals surface area contributed by atoms with E-state index in [2.05, 4.69) is 5.32 Å². The Morgan fingerprint density at radius 3 is 2.45 bits per heavy atom. The molecule has 0 bridgehead atoms. The molecule has 22 heavy (non-hydrogen) atoms. The molecule has 0 radical (unpaired) electrons. The number of para-hydroxylation sites is 1. The van der Waals surface area contributed by atoms with Crippen molar-refractivity contribution in [3.63, 3.8) is 0 Å². The summed E-state index contributed by atoms with van der Waals surface area (Å²) in [6, 6.07) is 8.45. The zero-order valence-electron chi connectivity index (χ0n) is 11.4. The Morgan fingerprint density at radius 1 is 1.18 bits per heavy atom. The molecule has 0 spiro atoms. The lowest BCUT2D eigenvalue weighted by Gasteiger charge is -2.14. The van der Waals surface area contributed by atoms with Crippen molar-refractivity contribution in [2.75, 3.05) is 12.4 Å². The van der Waals surface area contributed by atoms with Crippen molar-refractivity contribution in [1.82, 2.24) is 0 Å². The van der Waals surface area contributed by atoms with Gasteiger partial charge in [0.25, 0.3) is 5.91 Å². The Kier molecular flexibility index (Phi) is 4.25. The molecule has 1 amide bonds. The van der Waals surface area contributed by atoms with Gasteiger partial charge in [0.15, 0.2) is 0 Å². The molecule has 2 rings (SSSR count). The molecule has 7 heteroatoms. The van der Waals surface area contributed by atoms with Crippen LogP contribution < -0.4 is 10.1 Å². The number of carbonyl (C=O) groups excluding carboxylic acids is 1. The van der Waals surface area contributed by atoms with E-state index in [1.807, 2.05) is 0 Å². The van der Waals surface area contributed by atoms with E-state index in [1.165, 1.54) is 31.4 Å². The summed E-state index contributed by atoms with van der Waals surface area (Å²) < 4.78 is 43.1. The largest absolute Gasteiger partial charge is 0.507 e. The molecule has 2 N–H and O–H groups in total. The molecule has 0 unspecified atom stereocenters. The molecule has 0 saturated heterocycles. The number of benzene rings is 2. The number of phenols is 1. The number of nitrogens with one attached hydrogen (secondary N) is 1. The predicted octanol–water partition coefficient (Wildman–Crippen LogP) is 3.67. The van der Waals surface area contributed by atoms with Gasteiger partial charge in [-0.1, -0.05) is 12.1 Å². The van der Waals surface area contributed by atoms with Gasteiger partial charge in [0, 0.05) is 0 Å². The van der Waals surface area contributed by atoms with Gasteiger partial charge in [0.2, 0.25) is 0 Å². The molecule has 0 aliphatic rings. The maximum absolute atomic E-state index is 12.7. The first-order valence-electron chi connectivity index (χ1n) is 6.17. The zero-order valence-corrected chi connectivity index (χ0v) is 11.4. The van der Waals surface area contributed by atoms with Gasteiger partial charge in [0.05, 0.1) is 23.9 Å². The summed E-state index contributed by atoms with van der Waals surface area (Å²) in [5, 5.41) is 11.9. The van der Waals surface area contributed by atoms with Crippen molar-refractivity contribution in [3.05, 3.63) is 53.6 Å². The second kappa shape index (κ2) is 5.97. The molecule has 0 aliphatic heterocycles. The quantitative estimate of drug-likeness (QED) is 0.909. The van der Waals surface area contributed by atoms with E-state index >= 15 is 0 Å². The van der Waals surface area contributed by atoms with Crippen LogP contribution >= 0.6 is 0 Å². The first kappa shape index (κ1) is 15.7. The lowest BCUT2D eigenvalue weighted by atomic mass is 10.1. The summed E-state index contributed by atoms with van der Waals surface area (Å²) in [4.78, 5) is 12.1. The second-order valence-corrected chi connectivity index (χ2v) is 4.38. The van der Waals surface area contributed by atoms with E-state index in [4.69, 9.17) is 4.74 Å². The molecule has 0 saturated carbocycles. The molecule has 0 aliphatic carbocycles. The van der Waals surface area contributed by atoms with Crippen LogP contribution in [-0.4, -0.2) is 18.1 Å². The standard InChI is InChI=1S/C15H12F3NO3/c1-22-13-7-6-9(15(16,17)18)8-11(13)19-14(21)10-4-2-3-5-12(10)20/h2-8,20H,1H3,(H,19,21). The average Bonchev–Trinajstić information content (AvgIpc) is 2.46. The van der Waals surface area contributed by atoms with Crippen molar-refractivity contribution in [2.24, 2.45) is 0 Å². The van der Waals surface area contributed by atoms with E-state index in [1.54, 1.807) is 0 Å². The van der Waals surface area contributed by atoms with E-state index < -0.39 is 17.6 Å². The fraction of sp³-hybridized carbons (Fsp3) is 0.133. The maximum atomic E-state index is 12.7. The molecular weight excluding hydrogens is 299 g/mol. The van der Waals surface area contributed by atoms with E-state index in [0.29, 0.717) is 0 Å². The number of amides is 1. The lowest BCUT2D eigenvalue weighted by Crippen LogP contribution is -2.14. The number of phenolic OH excluding ortho intramolecular Hbond substituents is 1. The Labute approximate surface area is 124 Å². The first-order chi connectivity index (χ1) is 10.3. The van der Waals surface area contributed by atoms with Crippen LogP contribution in [-0.2, 0) is 6.18 Å². The number of hydrogen-bond donors (Lipinski definition) is 2. The summed E-state index contributed by atoms with van der Waals surface area (Å²) in [6.45, 7) is 0. The van der Waals surface area contributed by atoms with Crippen molar-refractivity contribution < 1.29 is 27.8 Å². The minimum Gasteiger partial charge on any atom is -0.507 e. The van der Waals surface area contributed by atoms with Gasteiger partial charge in [0.1, 0.15) is 11.5 Å². The highest BCUT2D eigenvalue weighted by atomic mass is 19.4. The van der Waals surface area contributed by atoms with Crippen LogP contribution in [0, 0.1) is 0 Å². The highest BCUT2D eigenvalue weighted by Crippen LogP contribution is 2.35. The fourth-order valence-electron chi connectivity index (χ4n) is 1.84. The monoisotopic (exact) mass is 311 g/mol. The SMILES string of the molecule is COc1ccc(C(F)(F)F)cc1NC(=O)c1ccccc1O. The van der Waals surface area contributed by atoms with Gasteiger partial charge < -0.3 is 15.2 Å². The summed E-state index contributed by atoms with van der Waals surface area (Å²) in [5.41, 5.74) is -1.10. The van der Waals surface area contributed by atoms with E-state index in [0.717, 1.165) is 18.2 Å².